The summed E-state index contributed by atoms with van der Waals surface area (Å²) in [6.07, 6.45) is 0. The van der Waals surface area contributed by atoms with Gasteiger partial charge in [0.1, 0.15) is 5.82 Å². The van der Waals surface area contributed by atoms with Gasteiger partial charge in [0.15, 0.2) is 0 Å². The first-order chi connectivity index (χ1) is 8.49. The van der Waals surface area contributed by atoms with Gasteiger partial charge in [-0.1, -0.05) is 35.9 Å². The van der Waals surface area contributed by atoms with Crippen LogP contribution in [-0.2, 0) is 0 Å². The average molecular weight is 263 g/mol. The van der Waals surface area contributed by atoms with Gasteiger partial charge in [0.2, 0.25) is 0 Å². The minimum atomic E-state index is -0.232. The first-order valence-electron chi connectivity index (χ1n) is 5.96. The summed E-state index contributed by atoms with van der Waals surface area (Å²) in [6, 6.07) is 11.2. The number of hydrogen-bond acceptors (Lipinski definition) is 0. The lowest BCUT2D eigenvalue weighted by molar-refractivity contribution is 0.617. The molecule has 2 aromatic rings. The minimum absolute atomic E-state index is 0.191. The molecule has 0 radical (unpaired) electrons. The van der Waals surface area contributed by atoms with Crippen LogP contribution in [0.1, 0.15) is 33.2 Å². The maximum absolute atomic E-state index is 13.3. The summed E-state index contributed by atoms with van der Waals surface area (Å²) in [4.78, 5) is 0. The summed E-state index contributed by atoms with van der Waals surface area (Å²) in [5.74, 6) is -0.191. The molecule has 0 aliphatic carbocycles. The van der Waals surface area contributed by atoms with Crippen LogP contribution in [0.2, 0.25) is 0 Å². The summed E-state index contributed by atoms with van der Waals surface area (Å²) in [5, 5.41) is -0.232. The Morgan fingerprint density at radius 2 is 1.67 bits per heavy atom. The SMILES string of the molecule is Cc1ccc(C(Cl)c2ccc(F)c(C)c2)c(C)c1. The van der Waals surface area contributed by atoms with Crippen molar-refractivity contribution < 1.29 is 4.39 Å². The summed E-state index contributed by atoms with van der Waals surface area (Å²) < 4.78 is 13.3. The third kappa shape index (κ3) is 2.56. The van der Waals surface area contributed by atoms with Crippen LogP contribution in [0.15, 0.2) is 36.4 Å². The Balaban J connectivity index is 2.41. The predicted molar refractivity (Wildman–Crippen MR) is 74.7 cm³/mol. The van der Waals surface area contributed by atoms with E-state index in [9.17, 15) is 4.39 Å². The Kier molecular flexibility index (Phi) is 3.72. The van der Waals surface area contributed by atoms with E-state index in [2.05, 4.69) is 13.0 Å². The van der Waals surface area contributed by atoms with Gasteiger partial charge >= 0.3 is 0 Å². The van der Waals surface area contributed by atoms with Gasteiger partial charge in [-0.05, 0) is 49.1 Å². The maximum Gasteiger partial charge on any atom is 0.126 e. The summed E-state index contributed by atoms with van der Waals surface area (Å²) in [7, 11) is 0. The molecule has 0 aliphatic rings. The fraction of sp³-hybridized carbons (Fsp3) is 0.250. The largest absolute Gasteiger partial charge is 0.207 e. The Morgan fingerprint density at radius 3 is 2.28 bits per heavy atom. The number of alkyl halides is 1. The van der Waals surface area contributed by atoms with Gasteiger partial charge in [-0.2, -0.15) is 0 Å². The third-order valence-corrected chi connectivity index (χ3v) is 3.66. The van der Waals surface area contributed by atoms with Gasteiger partial charge in [0.05, 0.1) is 5.38 Å². The van der Waals surface area contributed by atoms with Gasteiger partial charge in [-0.15, -0.1) is 11.6 Å². The normalized spacial score (nSPS) is 12.5. The molecule has 0 N–H and O–H groups in total. The van der Waals surface area contributed by atoms with Crippen molar-refractivity contribution in [3.8, 4) is 0 Å². The molecule has 0 amide bonds. The minimum Gasteiger partial charge on any atom is -0.207 e. The average Bonchev–Trinajstić information content (AvgIpc) is 2.32. The third-order valence-electron chi connectivity index (χ3n) is 3.17. The molecule has 0 aromatic heterocycles. The van der Waals surface area contributed by atoms with Crippen molar-refractivity contribution in [1.29, 1.82) is 0 Å². The first kappa shape index (κ1) is 13.1. The van der Waals surface area contributed by atoms with Gasteiger partial charge in [-0.25, -0.2) is 4.39 Å². The Labute approximate surface area is 112 Å². The summed E-state index contributed by atoms with van der Waals surface area (Å²) in [6.45, 7) is 5.86. The van der Waals surface area contributed by atoms with Gasteiger partial charge in [0.25, 0.3) is 0 Å². The zero-order valence-electron chi connectivity index (χ0n) is 10.8. The number of benzene rings is 2. The standard InChI is InChI=1S/C16H16ClF/c1-10-4-6-14(11(2)8-10)16(17)13-5-7-15(18)12(3)9-13/h4-9,16H,1-3H3. The maximum atomic E-state index is 13.3. The second-order valence-electron chi connectivity index (χ2n) is 4.73. The molecule has 0 aliphatic heterocycles. The number of aryl methyl sites for hydroxylation is 3. The van der Waals surface area contributed by atoms with Crippen molar-refractivity contribution in [3.05, 3.63) is 70.0 Å². The van der Waals surface area contributed by atoms with E-state index in [4.69, 9.17) is 11.6 Å². The molecule has 0 fully saturated rings. The van der Waals surface area contributed by atoms with Crippen LogP contribution in [0.3, 0.4) is 0 Å². The molecule has 0 bridgehead atoms. The molecule has 1 atom stereocenters. The highest BCUT2D eigenvalue weighted by molar-refractivity contribution is 6.22. The summed E-state index contributed by atoms with van der Waals surface area (Å²) in [5.41, 5.74) is 5.02. The van der Waals surface area contributed by atoms with Crippen LogP contribution in [-0.4, -0.2) is 0 Å². The van der Waals surface area contributed by atoms with Crippen LogP contribution >= 0.6 is 11.6 Å². The molecule has 0 nitrogen and oxygen atoms in total. The van der Waals surface area contributed by atoms with Gasteiger partial charge in [-0.3, -0.25) is 0 Å². The zero-order chi connectivity index (χ0) is 13.3. The van der Waals surface area contributed by atoms with Crippen molar-refractivity contribution in [2.45, 2.75) is 26.1 Å². The van der Waals surface area contributed by atoms with Crippen molar-refractivity contribution >= 4 is 11.6 Å². The lowest BCUT2D eigenvalue weighted by Gasteiger charge is -2.14. The molecule has 94 valence electrons. The lowest BCUT2D eigenvalue weighted by atomic mass is 9.97. The van der Waals surface area contributed by atoms with E-state index >= 15 is 0 Å². The molecule has 2 heteroatoms. The molecule has 0 spiro atoms. The van der Waals surface area contributed by atoms with Crippen molar-refractivity contribution in [1.82, 2.24) is 0 Å². The molecule has 0 saturated carbocycles. The zero-order valence-corrected chi connectivity index (χ0v) is 11.6. The van der Waals surface area contributed by atoms with Crippen molar-refractivity contribution in [2.24, 2.45) is 0 Å². The van der Waals surface area contributed by atoms with Crippen LogP contribution in [0.4, 0.5) is 4.39 Å². The molecule has 1 unspecified atom stereocenters. The van der Waals surface area contributed by atoms with Gasteiger partial charge in [0, 0.05) is 0 Å². The number of halogens is 2. The first-order valence-corrected chi connectivity index (χ1v) is 6.40. The fourth-order valence-corrected chi connectivity index (χ4v) is 2.50. The highest BCUT2D eigenvalue weighted by Crippen LogP contribution is 2.32. The highest BCUT2D eigenvalue weighted by Gasteiger charge is 2.14. The Bertz CT molecular complexity index is 575. The van der Waals surface area contributed by atoms with Crippen molar-refractivity contribution in [3.63, 3.8) is 0 Å². The van der Waals surface area contributed by atoms with Gasteiger partial charge < -0.3 is 0 Å². The molecular weight excluding hydrogens is 247 g/mol. The van der Waals surface area contributed by atoms with Crippen LogP contribution in [0.25, 0.3) is 0 Å². The monoisotopic (exact) mass is 262 g/mol. The van der Waals surface area contributed by atoms with E-state index in [0.29, 0.717) is 5.56 Å². The topological polar surface area (TPSA) is 0 Å². The number of rotatable bonds is 2. The molecule has 2 rings (SSSR count). The van der Waals surface area contributed by atoms with E-state index in [-0.39, 0.29) is 11.2 Å². The number of hydrogen-bond donors (Lipinski definition) is 0. The molecule has 0 saturated heterocycles. The van der Waals surface area contributed by atoms with E-state index in [1.165, 1.54) is 11.6 Å². The molecule has 0 heterocycles. The highest BCUT2D eigenvalue weighted by atomic mass is 35.5. The lowest BCUT2D eigenvalue weighted by Crippen LogP contribution is -1.98. The van der Waals surface area contributed by atoms with Crippen LogP contribution in [0, 0.1) is 26.6 Å². The smallest absolute Gasteiger partial charge is 0.126 e. The van der Waals surface area contributed by atoms with Crippen molar-refractivity contribution in [2.75, 3.05) is 0 Å². The quantitative estimate of drug-likeness (QED) is 0.662. The second kappa shape index (κ2) is 5.11. The molecule has 18 heavy (non-hydrogen) atoms. The molecular formula is C16H16ClF. The van der Waals surface area contributed by atoms with E-state index in [1.54, 1.807) is 13.0 Å². The molecule has 2 aromatic carbocycles. The Hall–Kier alpha value is -1.34. The second-order valence-corrected chi connectivity index (χ2v) is 5.17. The van der Waals surface area contributed by atoms with Crippen LogP contribution < -0.4 is 0 Å². The van der Waals surface area contributed by atoms with E-state index in [0.717, 1.165) is 16.7 Å². The Morgan fingerprint density at radius 1 is 0.944 bits per heavy atom. The fourth-order valence-electron chi connectivity index (χ4n) is 2.12. The van der Waals surface area contributed by atoms with Crippen LogP contribution in [0.5, 0.6) is 0 Å². The van der Waals surface area contributed by atoms with E-state index in [1.807, 2.05) is 25.1 Å². The van der Waals surface area contributed by atoms with E-state index < -0.39 is 0 Å². The summed E-state index contributed by atoms with van der Waals surface area (Å²) >= 11 is 6.49. The predicted octanol–water partition coefficient (Wildman–Crippen LogP) is 5.08.